The number of alkyl halides is 3. The van der Waals surface area contributed by atoms with Gasteiger partial charge in [0.05, 0.1) is 11.5 Å². The van der Waals surface area contributed by atoms with Gasteiger partial charge in [-0.05, 0) is 12.5 Å². The number of hydrogen-bond donors (Lipinski definition) is 2. The van der Waals surface area contributed by atoms with Crippen LogP contribution in [0.2, 0.25) is 0 Å². The molecule has 0 amide bonds. The van der Waals surface area contributed by atoms with Crippen molar-refractivity contribution in [2.45, 2.75) is 24.1 Å². The van der Waals surface area contributed by atoms with Crippen LogP contribution in [0.15, 0.2) is 28.8 Å². The average molecular weight is 310 g/mol. The number of halogens is 3. The fourth-order valence-electron chi connectivity index (χ4n) is 1.93. The monoisotopic (exact) mass is 310 g/mol. The molecule has 0 spiro atoms. The zero-order valence-electron chi connectivity index (χ0n) is 10.3. The fraction of sp³-hybridized carbons (Fsp3) is 0.455. The fourth-order valence-corrected chi connectivity index (χ4v) is 3.33. The number of aliphatic hydroxyl groups is 1. The van der Waals surface area contributed by atoms with Crippen LogP contribution in [0.1, 0.15) is 12.1 Å². The third kappa shape index (κ3) is 2.89. The van der Waals surface area contributed by atoms with Crippen LogP contribution in [0.5, 0.6) is 0 Å². The quantitative estimate of drug-likeness (QED) is 0.829. The number of nitrogens with one attached hydrogen (secondary N) is 1. The van der Waals surface area contributed by atoms with Gasteiger partial charge in [0.2, 0.25) is 10.0 Å². The van der Waals surface area contributed by atoms with Gasteiger partial charge in [-0.3, -0.25) is 0 Å². The van der Waals surface area contributed by atoms with E-state index in [1.807, 2.05) is 0 Å². The molecule has 9 heteroatoms. The van der Waals surface area contributed by atoms with Gasteiger partial charge in [0.1, 0.15) is 0 Å². The molecule has 0 radical (unpaired) electrons. The maximum atomic E-state index is 12.5. The lowest BCUT2D eigenvalue weighted by atomic mass is 10.1. The second kappa shape index (κ2) is 5.23. The Kier molecular flexibility index (Phi) is 3.94. The molecular formula is C11H13F3N2O3S. The van der Waals surface area contributed by atoms with Crippen LogP contribution in [-0.2, 0) is 16.6 Å². The Labute approximate surface area is 113 Å². The summed E-state index contributed by atoms with van der Waals surface area (Å²) in [6, 6.07) is 1.26. The van der Waals surface area contributed by atoms with Crippen LogP contribution in [0, 0.1) is 0 Å². The van der Waals surface area contributed by atoms with Crippen LogP contribution in [0.4, 0.5) is 13.2 Å². The third-order valence-corrected chi connectivity index (χ3v) is 4.90. The van der Waals surface area contributed by atoms with Crippen molar-refractivity contribution in [3.8, 4) is 0 Å². The summed E-state index contributed by atoms with van der Waals surface area (Å²) in [5.74, 6) is 0. The molecule has 5 nitrogen and oxygen atoms in total. The zero-order chi connectivity index (χ0) is 15.0. The van der Waals surface area contributed by atoms with E-state index in [1.165, 1.54) is 12.3 Å². The van der Waals surface area contributed by atoms with Crippen molar-refractivity contribution in [3.63, 3.8) is 0 Å². The largest absolute Gasteiger partial charge is 0.412 e. The molecular weight excluding hydrogens is 297 g/mol. The van der Waals surface area contributed by atoms with E-state index in [0.29, 0.717) is 5.69 Å². The van der Waals surface area contributed by atoms with Gasteiger partial charge in [0.25, 0.3) is 0 Å². The first-order valence-corrected chi connectivity index (χ1v) is 7.23. The predicted molar refractivity (Wildman–Crippen MR) is 64.2 cm³/mol. The van der Waals surface area contributed by atoms with E-state index in [1.54, 1.807) is 0 Å². The lowest BCUT2D eigenvalue weighted by Gasteiger charge is -2.26. The smallest absolute Gasteiger partial charge is 0.390 e. The number of aliphatic hydroxyl groups excluding tert-OH is 1. The van der Waals surface area contributed by atoms with Gasteiger partial charge < -0.3 is 10.1 Å². The lowest BCUT2D eigenvalue weighted by Crippen LogP contribution is -2.36. The molecule has 1 aromatic heterocycles. The van der Waals surface area contributed by atoms with E-state index in [-0.39, 0.29) is 31.0 Å². The first-order chi connectivity index (χ1) is 9.25. The van der Waals surface area contributed by atoms with Crippen LogP contribution >= 0.6 is 0 Å². The van der Waals surface area contributed by atoms with E-state index in [9.17, 15) is 21.6 Å². The van der Waals surface area contributed by atoms with Crippen LogP contribution in [0.3, 0.4) is 0 Å². The topological polar surface area (TPSA) is 73.4 Å². The molecule has 0 saturated heterocycles. The van der Waals surface area contributed by atoms with E-state index in [2.05, 4.69) is 4.98 Å². The van der Waals surface area contributed by atoms with Crippen molar-refractivity contribution >= 4 is 10.0 Å². The van der Waals surface area contributed by atoms with Gasteiger partial charge in [-0.2, -0.15) is 17.5 Å². The van der Waals surface area contributed by atoms with Crippen molar-refractivity contribution in [1.82, 2.24) is 9.29 Å². The van der Waals surface area contributed by atoms with Gasteiger partial charge in [-0.15, -0.1) is 0 Å². The third-order valence-electron chi connectivity index (χ3n) is 3.06. The lowest BCUT2D eigenvalue weighted by molar-refractivity contribution is -0.0953. The first-order valence-electron chi connectivity index (χ1n) is 5.79. The van der Waals surface area contributed by atoms with Crippen molar-refractivity contribution in [3.05, 3.63) is 29.6 Å². The standard InChI is InChI=1S/C11H13F3N2O3S/c12-11(13,14)8-1-3-16(4-2-8)20(18,19)10-5-9(7-17)15-6-10/h1,5-6,15,17H,2-4,7H2. The molecule has 0 unspecified atom stereocenters. The van der Waals surface area contributed by atoms with Crippen LogP contribution < -0.4 is 0 Å². The molecule has 2 rings (SSSR count). The van der Waals surface area contributed by atoms with Crippen LogP contribution in [-0.4, -0.2) is 42.1 Å². The molecule has 1 aliphatic rings. The summed E-state index contributed by atoms with van der Waals surface area (Å²) in [5, 5.41) is 8.88. The summed E-state index contributed by atoms with van der Waals surface area (Å²) in [6.07, 6.45) is -2.67. The maximum Gasteiger partial charge on any atom is 0.412 e. The molecule has 1 aromatic rings. The summed E-state index contributed by atoms with van der Waals surface area (Å²) in [7, 11) is -3.84. The van der Waals surface area contributed by atoms with Gasteiger partial charge in [-0.1, -0.05) is 6.08 Å². The minimum Gasteiger partial charge on any atom is -0.390 e. The van der Waals surface area contributed by atoms with Crippen molar-refractivity contribution in [2.75, 3.05) is 13.1 Å². The van der Waals surface area contributed by atoms with Gasteiger partial charge >= 0.3 is 6.18 Å². The van der Waals surface area contributed by atoms with Gasteiger partial charge in [-0.25, -0.2) is 8.42 Å². The van der Waals surface area contributed by atoms with Crippen molar-refractivity contribution < 1.29 is 26.7 Å². The van der Waals surface area contributed by atoms with Gasteiger partial charge in [0, 0.05) is 30.6 Å². The number of H-pyrrole nitrogens is 1. The molecule has 20 heavy (non-hydrogen) atoms. The maximum absolute atomic E-state index is 12.5. The Balaban J connectivity index is 2.19. The summed E-state index contributed by atoms with van der Waals surface area (Å²) in [6.45, 7) is -0.863. The number of sulfonamides is 1. The van der Waals surface area contributed by atoms with E-state index in [0.717, 1.165) is 10.4 Å². The molecule has 0 bridgehead atoms. The number of hydrogen-bond acceptors (Lipinski definition) is 3. The number of aromatic amines is 1. The highest BCUT2D eigenvalue weighted by atomic mass is 32.2. The predicted octanol–water partition coefficient (Wildman–Crippen LogP) is 1.39. The summed E-state index contributed by atoms with van der Waals surface area (Å²) in [4.78, 5) is 2.52. The minimum absolute atomic E-state index is 0.0644. The normalized spacial score (nSPS) is 18.1. The summed E-state index contributed by atoms with van der Waals surface area (Å²) < 4.78 is 62.8. The number of rotatable bonds is 3. The Morgan fingerprint density at radius 1 is 1.40 bits per heavy atom. The minimum atomic E-state index is -4.41. The van der Waals surface area contributed by atoms with E-state index >= 15 is 0 Å². The Morgan fingerprint density at radius 2 is 2.10 bits per heavy atom. The summed E-state index contributed by atoms with van der Waals surface area (Å²) in [5.41, 5.74) is -0.374. The molecule has 2 heterocycles. The first kappa shape index (κ1) is 15.1. The summed E-state index contributed by atoms with van der Waals surface area (Å²) >= 11 is 0. The molecule has 0 atom stereocenters. The molecule has 0 aliphatic carbocycles. The van der Waals surface area contributed by atoms with E-state index in [4.69, 9.17) is 5.11 Å². The highest BCUT2D eigenvalue weighted by molar-refractivity contribution is 7.89. The Bertz CT molecular complexity index is 619. The zero-order valence-corrected chi connectivity index (χ0v) is 11.1. The molecule has 0 saturated carbocycles. The number of aromatic nitrogens is 1. The average Bonchev–Trinajstić information content (AvgIpc) is 2.87. The Morgan fingerprint density at radius 3 is 2.55 bits per heavy atom. The number of nitrogens with zero attached hydrogens (tertiary/aromatic N) is 1. The van der Waals surface area contributed by atoms with Gasteiger partial charge in [0.15, 0.2) is 0 Å². The second-order valence-electron chi connectivity index (χ2n) is 4.36. The van der Waals surface area contributed by atoms with Crippen molar-refractivity contribution in [1.29, 1.82) is 0 Å². The van der Waals surface area contributed by atoms with Crippen LogP contribution in [0.25, 0.3) is 0 Å². The molecule has 0 aromatic carbocycles. The molecule has 1 aliphatic heterocycles. The Hall–Kier alpha value is -1.32. The molecule has 112 valence electrons. The molecule has 2 N–H and O–H groups in total. The second-order valence-corrected chi connectivity index (χ2v) is 6.30. The van der Waals surface area contributed by atoms with E-state index < -0.39 is 21.8 Å². The highest BCUT2D eigenvalue weighted by Gasteiger charge is 2.37. The molecule has 0 fully saturated rings. The highest BCUT2D eigenvalue weighted by Crippen LogP contribution is 2.31. The van der Waals surface area contributed by atoms with Crippen molar-refractivity contribution in [2.24, 2.45) is 0 Å². The SMILES string of the molecule is O=S(=O)(c1c[nH]c(CO)c1)N1CC=C(C(F)(F)F)CC1.